The molecule has 1 aliphatic carbocycles. The minimum Gasteiger partial charge on any atom is -0.331 e. The second kappa shape index (κ2) is 10.9. The summed E-state index contributed by atoms with van der Waals surface area (Å²) in [7, 11) is 0. The number of likely N-dealkylation sites (N-methyl/N-ethyl adjacent to an activating group) is 1. The van der Waals surface area contributed by atoms with Gasteiger partial charge in [-0.15, -0.1) is 0 Å². The zero-order chi connectivity index (χ0) is 22.5. The summed E-state index contributed by atoms with van der Waals surface area (Å²) in [5, 5.41) is 0. The molecule has 5 nitrogen and oxygen atoms in total. The summed E-state index contributed by atoms with van der Waals surface area (Å²) >= 11 is 4.58. The van der Waals surface area contributed by atoms with Crippen LogP contribution < -0.4 is 0 Å². The molecule has 2 aliphatic rings. The number of benzene rings is 1. The smallest absolute Gasteiger partial charge is 0.241 e. The lowest BCUT2D eigenvalue weighted by molar-refractivity contribution is -0.140. The number of nitrogens with zero attached hydrogens (tertiary/aromatic N) is 4. The molecule has 2 aromatic rings. The summed E-state index contributed by atoms with van der Waals surface area (Å²) in [5.74, 6) is 2.51. The fourth-order valence-corrected chi connectivity index (χ4v) is 5.96. The van der Waals surface area contributed by atoms with Gasteiger partial charge in [0.25, 0.3) is 0 Å². The average Bonchev–Trinajstić information content (AvgIpc) is 3.28. The molecule has 1 aromatic carbocycles. The highest BCUT2D eigenvalue weighted by molar-refractivity contribution is 7.80. The average molecular weight is 455 g/mol. The lowest BCUT2D eigenvalue weighted by Crippen LogP contribution is -2.53. The Morgan fingerprint density at radius 3 is 2.50 bits per heavy atom. The van der Waals surface area contributed by atoms with Crippen molar-refractivity contribution in [3.05, 3.63) is 42.4 Å². The predicted octanol–water partition coefficient (Wildman–Crippen LogP) is 5.04. The predicted molar refractivity (Wildman–Crippen MR) is 134 cm³/mol. The summed E-state index contributed by atoms with van der Waals surface area (Å²) in [6, 6.07) is 10.3. The van der Waals surface area contributed by atoms with Crippen molar-refractivity contribution in [1.82, 2.24) is 19.4 Å². The number of carbonyl (C=O) groups is 1. The van der Waals surface area contributed by atoms with Crippen LogP contribution in [0.15, 0.2) is 36.5 Å². The van der Waals surface area contributed by atoms with Gasteiger partial charge < -0.3 is 9.47 Å². The lowest BCUT2D eigenvalue weighted by atomic mass is 9.84. The summed E-state index contributed by atoms with van der Waals surface area (Å²) in [6.45, 7) is 7.53. The molecule has 0 N–H and O–H groups in total. The van der Waals surface area contributed by atoms with E-state index in [1.165, 1.54) is 32.1 Å². The van der Waals surface area contributed by atoms with E-state index >= 15 is 0 Å². The number of imidazole rings is 1. The highest BCUT2D eigenvalue weighted by atomic mass is 32.1. The van der Waals surface area contributed by atoms with Crippen molar-refractivity contribution in [3.63, 3.8) is 0 Å². The van der Waals surface area contributed by atoms with Gasteiger partial charge in [0, 0.05) is 30.6 Å². The molecule has 1 fully saturated rings. The molecule has 0 saturated heterocycles. The van der Waals surface area contributed by atoms with E-state index in [2.05, 4.69) is 71.3 Å². The Morgan fingerprint density at radius 2 is 1.84 bits per heavy atom. The van der Waals surface area contributed by atoms with Crippen LogP contribution in [-0.2, 0) is 11.3 Å². The number of aromatic nitrogens is 2. The van der Waals surface area contributed by atoms with Crippen molar-refractivity contribution in [2.45, 2.75) is 71.0 Å². The number of amides is 1. The van der Waals surface area contributed by atoms with Gasteiger partial charge in [-0.05, 0) is 25.4 Å². The fraction of sp³-hybridized carbons (Fsp3) is 0.615. The topological polar surface area (TPSA) is 41.4 Å². The van der Waals surface area contributed by atoms with E-state index in [1.54, 1.807) is 0 Å². The van der Waals surface area contributed by atoms with Crippen molar-refractivity contribution in [3.8, 4) is 11.3 Å². The third-order valence-electron chi connectivity index (χ3n) is 7.41. The van der Waals surface area contributed by atoms with E-state index in [9.17, 15) is 4.79 Å². The van der Waals surface area contributed by atoms with Gasteiger partial charge in [0.2, 0.25) is 5.91 Å². The molecule has 1 aromatic heterocycles. The first-order chi connectivity index (χ1) is 15.7. The number of carbonyl (C=O) groups excluding carboxylic acids is 1. The lowest BCUT2D eigenvalue weighted by Gasteiger charge is -2.41. The molecule has 2 heterocycles. The van der Waals surface area contributed by atoms with Crippen LogP contribution in [0, 0.1) is 5.92 Å². The molecule has 0 radical (unpaired) electrons. The second-order valence-electron chi connectivity index (χ2n) is 9.25. The Balaban J connectivity index is 1.66. The van der Waals surface area contributed by atoms with Crippen LogP contribution in [0.5, 0.6) is 0 Å². The molecule has 1 saturated carbocycles. The van der Waals surface area contributed by atoms with Crippen LogP contribution in [0.1, 0.15) is 64.2 Å². The molecule has 2 atom stereocenters. The van der Waals surface area contributed by atoms with Crippen molar-refractivity contribution in [2.24, 2.45) is 5.92 Å². The third-order valence-corrected chi connectivity index (χ3v) is 7.75. The van der Waals surface area contributed by atoms with Crippen LogP contribution in [0.4, 0.5) is 0 Å². The number of rotatable bonds is 8. The van der Waals surface area contributed by atoms with E-state index in [-0.39, 0.29) is 18.0 Å². The zero-order valence-electron chi connectivity index (χ0n) is 19.6. The highest BCUT2D eigenvalue weighted by Crippen LogP contribution is 2.38. The van der Waals surface area contributed by atoms with Gasteiger partial charge in [-0.1, -0.05) is 76.3 Å². The molecule has 32 heavy (non-hydrogen) atoms. The Bertz CT molecular complexity index is 873. The van der Waals surface area contributed by atoms with Gasteiger partial charge in [-0.3, -0.25) is 9.69 Å². The first-order valence-electron chi connectivity index (χ1n) is 12.4. The molecule has 1 aliphatic heterocycles. The van der Waals surface area contributed by atoms with E-state index in [0.717, 1.165) is 49.7 Å². The summed E-state index contributed by atoms with van der Waals surface area (Å²) in [5.41, 5.74) is 2.15. The van der Waals surface area contributed by atoms with Crippen LogP contribution in [0.25, 0.3) is 11.3 Å². The van der Waals surface area contributed by atoms with Gasteiger partial charge in [0.05, 0.1) is 17.8 Å². The molecule has 6 heteroatoms. The van der Waals surface area contributed by atoms with Crippen LogP contribution in [-0.4, -0.2) is 56.7 Å². The summed E-state index contributed by atoms with van der Waals surface area (Å²) < 4.78 is 2.30. The molecule has 0 bridgehead atoms. The summed E-state index contributed by atoms with van der Waals surface area (Å²) in [6.07, 6.45) is 9.73. The fourth-order valence-electron chi connectivity index (χ4n) is 5.57. The number of thiol groups is 1. The number of fused-ring (bicyclic) bond motifs is 1. The zero-order valence-corrected chi connectivity index (χ0v) is 20.5. The van der Waals surface area contributed by atoms with E-state index in [1.807, 2.05) is 6.07 Å². The van der Waals surface area contributed by atoms with Crippen LogP contribution in [0.2, 0.25) is 0 Å². The molecule has 0 unspecified atom stereocenters. The normalized spacial score (nSPS) is 20.4. The van der Waals surface area contributed by atoms with Gasteiger partial charge in [-0.25, -0.2) is 4.98 Å². The van der Waals surface area contributed by atoms with Crippen molar-refractivity contribution in [2.75, 3.05) is 25.4 Å². The third kappa shape index (κ3) is 4.91. The quantitative estimate of drug-likeness (QED) is 0.568. The van der Waals surface area contributed by atoms with E-state index < -0.39 is 0 Å². The highest BCUT2D eigenvalue weighted by Gasteiger charge is 2.38. The van der Waals surface area contributed by atoms with Crippen molar-refractivity contribution in [1.29, 1.82) is 0 Å². The maximum absolute atomic E-state index is 13.8. The van der Waals surface area contributed by atoms with Gasteiger partial charge in [0.1, 0.15) is 5.82 Å². The van der Waals surface area contributed by atoms with E-state index in [0.29, 0.717) is 11.7 Å². The summed E-state index contributed by atoms with van der Waals surface area (Å²) in [4.78, 5) is 23.3. The Labute approximate surface area is 198 Å². The number of hydrogen-bond acceptors (Lipinski definition) is 4. The van der Waals surface area contributed by atoms with Gasteiger partial charge >= 0.3 is 0 Å². The molecular weight excluding hydrogens is 416 g/mol. The number of hydrogen-bond donors (Lipinski definition) is 1. The minimum absolute atomic E-state index is 0.0507. The van der Waals surface area contributed by atoms with Gasteiger partial charge in [0.15, 0.2) is 0 Å². The molecular formula is C26H38N4OS. The van der Waals surface area contributed by atoms with Crippen LogP contribution in [0.3, 0.4) is 0 Å². The SMILES string of the molecule is CCN(CC)[C@@H](CS)C(=O)N1CCn2cc(-c3ccccc3)nc2[C@@H]1CC1CCCCC1. The molecule has 4 rings (SSSR count). The second-order valence-corrected chi connectivity index (χ2v) is 9.62. The maximum atomic E-state index is 13.8. The molecule has 174 valence electrons. The standard InChI is InChI=1S/C26H38N4OS/c1-3-28(4-2)24(19-32)26(31)30-16-15-29-18-22(21-13-9-6-10-14-21)27-25(29)23(30)17-20-11-7-5-8-12-20/h6,9-10,13-14,18,20,23-24,32H,3-5,7-8,11-12,15-17,19H2,1-2H3/t23-,24-/m0/s1. The Morgan fingerprint density at radius 1 is 1.12 bits per heavy atom. The largest absolute Gasteiger partial charge is 0.331 e. The Hall–Kier alpha value is -1.79. The van der Waals surface area contributed by atoms with Crippen molar-refractivity contribution >= 4 is 18.5 Å². The first kappa shape index (κ1) is 23.4. The molecule has 1 amide bonds. The van der Waals surface area contributed by atoms with Crippen molar-refractivity contribution < 1.29 is 4.79 Å². The minimum atomic E-state index is -0.169. The first-order valence-corrected chi connectivity index (χ1v) is 13.1. The maximum Gasteiger partial charge on any atom is 0.241 e. The van der Waals surface area contributed by atoms with E-state index in [4.69, 9.17) is 4.98 Å². The van der Waals surface area contributed by atoms with Crippen LogP contribution >= 0.6 is 12.6 Å². The Kier molecular flexibility index (Phi) is 7.95. The molecule has 0 spiro atoms. The monoisotopic (exact) mass is 454 g/mol. The van der Waals surface area contributed by atoms with Gasteiger partial charge in [-0.2, -0.15) is 12.6 Å².